The highest BCUT2D eigenvalue weighted by atomic mass is 35.5. The molecule has 0 bridgehead atoms. The summed E-state index contributed by atoms with van der Waals surface area (Å²) < 4.78 is 11.3. The van der Waals surface area contributed by atoms with Gasteiger partial charge in [0.15, 0.2) is 0 Å². The minimum Gasteiger partial charge on any atom is -0.389 e. The number of likely N-dealkylation sites (N-methyl/N-ethyl adjacent to an activating group) is 1. The van der Waals surface area contributed by atoms with Crippen molar-refractivity contribution in [3.8, 4) is 0 Å². The number of benzene rings is 1. The van der Waals surface area contributed by atoms with E-state index in [2.05, 4.69) is 9.80 Å². The third kappa shape index (κ3) is 7.16. The SMILES string of the molecule is CN(C)C[C@H]1CN(C[C@@H](O)COCc2ccc(Cl)cc2)CCO1. The van der Waals surface area contributed by atoms with E-state index in [0.29, 0.717) is 24.8 Å². The van der Waals surface area contributed by atoms with Crippen LogP contribution in [0.25, 0.3) is 0 Å². The molecule has 1 aliphatic rings. The molecule has 0 spiro atoms. The number of aliphatic hydroxyl groups is 1. The molecule has 1 fully saturated rings. The van der Waals surface area contributed by atoms with Crippen molar-refractivity contribution in [1.29, 1.82) is 0 Å². The van der Waals surface area contributed by atoms with Crippen molar-refractivity contribution in [3.63, 3.8) is 0 Å². The van der Waals surface area contributed by atoms with E-state index in [0.717, 1.165) is 31.8 Å². The standard InChI is InChI=1S/C17H27ClN2O3/c1-19(2)10-17-11-20(7-8-23-17)9-16(21)13-22-12-14-3-5-15(18)6-4-14/h3-6,16-17,21H,7-13H2,1-2H3/t16-,17+/m1/s1. The molecule has 1 heterocycles. The van der Waals surface area contributed by atoms with Crippen molar-refractivity contribution >= 4 is 11.6 Å². The quantitative estimate of drug-likeness (QED) is 0.775. The maximum atomic E-state index is 10.2. The van der Waals surface area contributed by atoms with Crippen LogP contribution in [0.2, 0.25) is 5.02 Å². The zero-order valence-electron chi connectivity index (χ0n) is 13.9. The van der Waals surface area contributed by atoms with Gasteiger partial charge in [0.05, 0.1) is 32.0 Å². The molecule has 1 aromatic carbocycles. The largest absolute Gasteiger partial charge is 0.389 e. The van der Waals surface area contributed by atoms with Crippen LogP contribution in [-0.2, 0) is 16.1 Å². The third-order valence-electron chi connectivity index (χ3n) is 3.75. The molecule has 130 valence electrons. The number of rotatable bonds is 8. The minimum absolute atomic E-state index is 0.209. The molecular formula is C17H27ClN2O3. The minimum atomic E-state index is -0.486. The molecule has 2 rings (SSSR count). The second kappa shape index (κ2) is 9.57. The maximum absolute atomic E-state index is 10.2. The van der Waals surface area contributed by atoms with E-state index >= 15 is 0 Å². The summed E-state index contributed by atoms with van der Waals surface area (Å²) in [5.41, 5.74) is 1.05. The number of ether oxygens (including phenoxy) is 2. The van der Waals surface area contributed by atoms with Gasteiger partial charge in [-0.15, -0.1) is 0 Å². The van der Waals surface area contributed by atoms with Gasteiger partial charge in [-0.2, -0.15) is 0 Å². The Balaban J connectivity index is 1.65. The van der Waals surface area contributed by atoms with Crippen LogP contribution in [0.4, 0.5) is 0 Å². The lowest BCUT2D eigenvalue weighted by Gasteiger charge is -2.35. The molecular weight excluding hydrogens is 316 g/mol. The molecule has 0 aliphatic carbocycles. The fourth-order valence-corrected chi connectivity index (χ4v) is 2.83. The molecule has 2 atom stereocenters. The van der Waals surface area contributed by atoms with Gasteiger partial charge in [0.1, 0.15) is 0 Å². The van der Waals surface area contributed by atoms with Gasteiger partial charge < -0.3 is 19.5 Å². The van der Waals surface area contributed by atoms with Gasteiger partial charge in [-0.1, -0.05) is 23.7 Å². The van der Waals surface area contributed by atoms with Crippen molar-refractivity contribution in [1.82, 2.24) is 9.80 Å². The summed E-state index contributed by atoms with van der Waals surface area (Å²) >= 11 is 5.85. The summed E-state index contributed by atoms with van der Waals surface area (Å²) in [6.45, 7) is 4.77. The first kappa shape index (κ1) is 18.6. The topological polar surface area (TPSA) is 45.2 Å². The van der Waals surface area contributed by atoms with Gasteiger partial charge in [0.2, 0.25) is 0 Å². The summed E-state index contributed by atoms with van der Waals surface area (Å²) in [4.78, 5) is 4.37. The van der Waals surface area contributed by atoms with Crippen molar-refractivity contribution in [2.24, 2.45) is 0 Å². The van der Waals surface area contributed by atoms with Gasteiger partial charge in [0, 0.05) is 31.2 Å². The molecule has 0 radical (unpaired) electrons. The average molecular weight is 343 g/mol. The number of hydrogen-bond acceptors (Lipinski definition) is 5. The molecule has 0 aromatic heterocycles. The lowest BCUT2D eigenvalue weighted by atomic mass is 10.2. The Morgan fingerprint density at radius 1 is 1.39 bits per heavy atom. The number of morpholine rings is 1. The molecule has 0 saturated carbocycles. The van der Waals surface area contributed by atoms with E-state index in [-0.39, 0.29) is 6.10 Å². The van der Waals surface area contributed by atoms with Crippen LogP contribution in [0.15, 0.2) is 24.3 Å². The van der Waals surface area contributed by atoms with Gasteiger partial charge in [-0.25, -0.2) is 0 Å². The van der Waals surface area contributed by atoms with E-state index in [1.165, 1.54) is 0 Å². The van der Waals surface area contributed by atoms with Crippen LogP contribution in [0, 0.1) is 0 Å². The van der Waals surface area contributed by atoms with Crippen LogP contribution in [0.5, 0.6) is 0 Å². The first-order valence-corrected chi connectivity index (χ1v) is 8.39. The van der Waals surface area contributed by atoms with Crippen molar-refractivity contribution in [2.45, 2.75) is 18.8 Å². The predicted octanol–water partition coefficient (Wildman–Crippen LogP) is 1.48. The molecule has 6 heteroatoms. The average Bonchev–Trinajstić information content (AvgIpc) is 2.49. The van der Waals surface area contributed by atoms with Crippen molar-refractivity contribution < 1.29 is 14.6 Å². The third-order valence-corrected chi connectivity index (χ3v) is 4.00. The number of aliphatic hydroxyl groups excluding tert-OH is 1. The van der Waals surface area contributed by atoms with Crippen molar-refractivity contribution in [3.05, 3.63) is 34.9 Å². The number of nitrogens with zero attached hydrogens (tertiary/aromatic N) is 2. The fraction of sp³-hybridized carbons (Fsp3) is 0.647. The smallest absolute Gasteiger partial charge is 0.0900 e. The molecule has 5 nitrogen and oxygen atoms in total. The van der Waals surface area contributed by atoms with Gasteiger partial charge in [-0.05, 0) is 31.8 Å². The van der Waals surface area contributed by atoms with Crippen LogP contribution in [-0.4, -0.2) is 80.6 Å². The number of β-amino-alcohol motifs (C(OH)–C–C–N with tert-alkyl or cyclic N) is 1. The number of hydrogen-bond donors (Lipinski definition) is 1. The van der Waals surface area contributed by atoms with E-state index in [1.54, 1.807) is 0 Å². The van der Waals surface area contributed by atoms with E-state index in [9.17, 15) is 5.11 Å². The van der Waals surface area contributed by atoms with Gasteiger partial charge >= 0.3 is 0 Å². The summed E-state index contributed by atoms with van der Waals surface area (Å²) in [5, 5.41) is 10.9. The normalized spacial score (nSPS) is 20.8. The number of halogens is 1. The summed E-state index contributed by atoms with van der Waals surface area (Å²) in [6, 6.07) is 7.55. The van der Waals surface area contributed by atoms with Crippen LogP contribution >= 0.6 is 11.6 Å². The lowest BCUT2D eigenvalue weighted by Crippen LogP contribution is -2.49. The first-order valence-electron chi connectivity index (χ1n) is 8.02. The highest BCUT2D eigenvalue weighted by Gasteiger charge is 2.22. The Morgan fingerprint density at radius 2 is 2.13 bits per heavy atom. The van der Waals surface area contributed by atoms with Crippen LogP contribution in [0.3, 0.4) is 0 Å². The molecule has 23 heavy (non-hydrogen) atoms. The lowest BCUT2D eigenvalue weighted by molar-refractivity contribution is -0.0584. The fourth-order valence-electron chi connectivity index (χ4n) is 2.71. The second-order valence-electron chi connectivity index (χ2n) is 6.31. The molecule has 1 aliphatic heterocycles. The predicted molar refractivity (Wildman–Crippen MR) is 91.8 cm³/mol. The highest BCUT2D eigenvalue weighted by Crippen LogP contribution is 2.11. The van der Waals surface area contributed by atoms with E-state index < -0.39 is 6.10 Å². The molecule has 1 saturated heterocycles. The maximum Gasteiger partial charge on any atom is 0.0900 e. The monoisotopic (exact) mass is 342 g/mol. The summed E-state index contributed by atoms with van der Waals surface area (Å²) in [5.74, 6) is 0. The van der Waals surface area contributed by atoms with Gasteiger partial charge in [0.25, 0.3) is 0 Å². The summed E-state index contributed by atoms with van der Waals surface area (Å²) in [7, 11) is 4.09. The van der Waals surface area contributed by atoms with Crippen LogP contribution < -0.4 is 0 Å². The zero-order valence-corrected chi connectivity index (χ0v) is 14.7. The Kier molecular flexibility index (Phi) is 7.76. The summed E-state index contributed by atoms with van der Waals surface area (Å²) in [6.07, 6.45) is -0.277. The van der Waals surface area contributed by atoms with Gasteiger partial charge in [-0.3, -0.25) is 4.90 Å². The Morgan fingerprint density at radius 3 is 2.83 bits per heavy atom. The van der Waals surface area contributed by atoms with Crippen LogP contribution in [0.1, 0.15) is 5.56 Å². The zero-order chi connectivity index (χ0) is 16.7. The van der Waals surface area contributed by atoms with E-state index in [4.69, 9.17) is 21.1 Å². The highest BCUT2D eigenvalue weighted by molar-refractivity contribution is 6.30. The molecule has 0 amide bonds. The molecule has 0 unspecified atom stereocenters. The Labute approximate surface area is 143 Å². The molecule has 1 aromatic rings. The van der Waals surface area contributed by atoms with E-state index in [1.807, 2.05) is 38.4 Å². The Hall–Kier alpha value is -0.690. The Bertz CT molecular complexity index is 456. The second-order valence-corrected chi connectivity index (χ2v) is 6.75. The first-order chi connectivity index (χ1) is 11.0. The molecule has 1 N–H and O–H groups in total. The van der Waals surface area contributed by atoms with Crippen molar-refractivity contribution in [2.75, 3.05) is 53.5 Å².